The number of carbonyl (C=O) groups excluding carboxylic acids is 1. The Morgan fingerprint density at radius 2 is 2.11 bits per heavy atom. The van der Waals surface area contributed by atoms with E-state index >= 15 is 0 Å². The molecule has 1 heterocycles. The van der Waals surface area contributed by atoms with Crippen LogP contribution in [-0.4, -0.2) is 33.6 Å². The number of methoxy groups -OCH3 is 1. The lowest BCUT2D eigenvalue weighted by Gasteiger charge is -2.18. The molecule has 0 aliphatic heterocycles. The molecule has 0 amide bonds. The number of sulfonamides is 1. The van der Waals surface area contributed by atoms with Gasteiger partial charge in [0.25, 0.3) is 10.0 Å². The van der Waals surface area contributed by atoms with Gasteiger partial charge < -0.3 is 14.9 Å². The average molecular weight is 313 g/mol. The molecule has 0 aliphatic rings. The Hall–Kier alpha value is -1.09. The average Bonchev–Trinajstić information content (AvgIpc) is 2.74. The lowest BCUT2D eigenvalue weighted by molar-refractivity contribution is 0.0600. The molecule has 1 aromatic heterocycles. The summed E-state index contributed by atoms with van der Waals surface area (Å²) in [7, 11) is -2.63. The van der Waals surface area contributed by atoms with Crippen LogP contribution >= 0.6 is 12.4 Å². The third-order valence-electron chi connectivity index (χ3n) is 1.98. The molecular formula is C10H17ClN2O5S. The van der Waals surface area contributed by atoms with E-state index in [9.17, 15) is 13.2 Å². The van der Waals surface area contributed by atoms with Crippen LogP contribution in [0.25, 0.3) is 0 Å². The van der Waals surface area contributed by atoms with Crippen molar-refractivity contribution < 1.29 is 22.4 Å². The normalized spacial score (nSPS) is 11.8. The van der Waals surface area contributed by atoms with E-state index in [4.69, 9.17) is 10.2 Å². The maximum Gasteiger partial charge on any atom is 0.341 e. The van der Waals surface area contributed by atoms with Gasteiger partial charge in [-0.25, -0.2) is 17.9 Å². The number of esters is 1. The van der Waals surface area contributed by atoms with E-state index in [-0.39, 0.29) is 29.6 Å². The molecule has 110 valence electrons. The van der Waals surface area contributed by atoms with Gasteiger partial charge >= 0.3 is 5.97 Å². The van der Waals surface area contributed by atoms with Crippen molar-refractivity contribution in [2.45, 2.75) is 24.5 Å². The van der Waals surface area contributed by atoms with Crippen LogP contribution in [0.4, 0.5) is 0 Å². The van der Waals surface area contributed by atoms with E-state index in [0.717, 1.165) is 12.3 Å². The van der Waals surface area contributed by atoms with Gasteiger partial charge in [0.05, 0.1) is 12.7 Å². The van der Waals surface area contributed by atoms with Crippen LogP contribution in [0.15, 0.2) is 21.8 Å². The molecule has 0 bridgehead atoms. The molecule has 0 saturated carbocycles. The fourth-order valence-corrected chi connectivity index (χ4v) is 2.20. The fourth-order valence-electron chi connectivity index (χ4n) is 1.03. The Balaban J connectivity index is 0.00000324. The Morgan fingerprint density at radius 3 is 2.58 bits per heavy atom. The van der Waals surface area contributed by atoms with Gasteiger partial charge in [0, 0.05) is 18.2 Å². The largest absolute Gasteiger partial charge is 0.465 e. The van der Waals surface area contributed by atoms with E-state index in [1.807, 2.05) is 0 Å². The highest BCUT2D eigenvalue weighted by Gasteiger charge is 2.23. The second kappa shape index (κ2) is 6.38. The Bertz CT molecular complexity index is 532. The molecule has 0 saturated heterocycles. The van der Waals surface area contributed by atoms with Crippen LogP contribution in [0.3, 0.4) is 0 Å². The smallest absolute Gasteiger partial charge is 0.341 e. The predicted molar refractivity (Wildman–Crippen MR) is 70.8 cm³/mol. The van der Waals surface area contributed by atoms with Crippen LogP contribution in [-0.2, 0) is 14.8 Å². The number of ether oxygens (including phenoxy) is 1. The van der Waals surface area contributed by atoms with Crippen molar-refractivity contribution in [1.29, 1.82) is 0 Å². The molecule has 7 nitrogen and oxygen atoms in total. The topological polar surface area (TPSA) is 112 Å². The van der Waals surface area contributed by atoms with Crippen molar-refractivity contribution in [2.24, 2.45) is 5.73 Å². The van der Waals surface area contributed by atoms with Crippen molar-refractivity contribution in [3.8, 4) is 0 Å². The van der Waals surface area contributed by atoms with Gasteiger partial charge in [0.1, 0.15) is 6.26 Å². The van der Waals surface area contributed by atoms with Gasteiger partial charge in [-0.1, -0.05) is 0 Å². The van der Waals surface area contributed by atoms with E-state index in [0.29, 0.717) is 0 Å². The summed E-state index contributed by atoms with van der Waals surface area (Å²) >= 11 is 0. The number of furan rings is 1. The minimum atomic E-state index is -3.82. The van der Waals surface area contributed by atoms with Gasteiger partial charge in [-0.05, 0) is 13.8 Å². The highest BCUT2D eigenvalue weighted by atomic mass is 35.5. The number of rotatable bonds is 5. The second-order valence-corrected chi connectivity index (χ2v) is 6.16. The summed E-state index contributed by atoms with van der Waals surface area (Å²) < 4.78 is 35.1. The van der Waals surface area contributed by atoms with Crippen LogP contribution in [0, 0.1) is 0 Å². The molecule has 0 aromatic carbocycles. The molecule has 1 aromatic rings. The molecule has 0 radical (unpaired) electrons. The molecule has 3 N–H and O–H groups in total. The summed E-state index contributed by atoms with van der Waals surface area (Å²) in [6, 6.07) is 1.09. The van der Waals surface area contributed by atoms with E-state index in [1.54, 1.807) is 13.8 Å². The lowest BCUT2D eigenvalue weighted by Crippen LogP contribution is -2.44. The molecule has 0 aliphatic carbocycles. The summed E-state index contributed by atoms with van der Waals surface area (Å²) in [5, 5.41) is -0.354. The zero-order valence-electron chi connectivity index (χ0n) is 10.8. The molecule has 0 spiro atoms. The first-order valence-electron chi connectivity index (χ1n) is 5.11. The Morgan fingerprint density at radius 1 is 1.53 bits per heavy atom. The van der Waals surface area contributed by atoms with Crippen molar-refractivity contribution in [2.75, 3.05) is 13.7 Å². The first-order valence-corrected chi connectivity index (χ1v) is 6.59. The maximum atomic E-state index is 11.8. The first-order chi connectivity index (χ1) is 8.15. The highest BCUT2D eigenvalue weighted by molar-refractivity contribution is 7.89. The molecule has 19 heavy (non-hydrogen) atoms. The van der Waals surface area contributed by atoms with Gasteiger partial charge in [-0.15, -0.1) is 12.4 Å². The van der Waals surface area contributed by atoms with Gasteiger partial charge in [-0.3, -0.25) is 0 Å². The van der Waals surface area contributed by atoms with Gasteiger partial charge in [0.15, 0.2) is 0 Å². The monoisotopic (exact) mass is 312 g/mol. The molecule has 0 fully saturated rings. The highest BCUT2D eigenvalue weighted by Crippen LogP contribution is 2.14. The maximum absolute atomic E-state index is 11.8. The zero-order chi connectivity index (χ0) is 14.0. The number of nitrogens with one attached hydrogen (secondary N) is 1. The van der Waals surface area contributed by atoms with Crippen LogP contribution in [0.5, 0.6) is 0 Å². The first kappa shape index (κ1) is 17.9. The molecule has 0 unspecified atom stereocenters. The van der Waals surface area contributed by atoms with Crippen molar-refractivity contribution in [1.82, 2.24) is 4.72 Å². The fraction of sp³-hybridized carbons (Fsp3) is 0.500. The lowest BCUT2D eigenvalue weighted by atomic mass is 10.1. The number of carbonyl (C=O) groups is 1. The van der Waals surface area contributed by atoms with Crippen molar-refractivity contribution in [3.63, 3.8) is 0 Å². The summed E-state index contributed by atoms with van der Waals surface area (Å²) in [5.74, 6) is -0.667. The van der Waals surface area contributed by atoms with Gasteiger partial charge in [-0.2, -0.15) is 0 Å². The zero-order valence-corrected chi connectivity index (χ0v) is 12.4. The molecule has 9 heteroatoms. The minimum Gasteiger partial charge on any atom is -0.465 e. The van der Waals surface area contributed by atoms with Crippen LogP contribution in [0.1, 0.15) is 24.2 Å². The third kappa shape index (κ3) is 5.19. The standard InChI is InChI=1S/C10H16N2O5S.ClH/c1-10(2,11)6-12-18(14,15)8-4-7(5-17-8)9(13)16-3;/h4-5,12H,6,11H2,1-3H3;1H. The van der Waals surface area contributed by atoms with E-state index in [1.165, 1.54) is 7.11 Å². The SMILES string of the molecule is COC(=O)c1coc(S(=O)(=O)NCC(C)(C)N)c1.Cl. The number of hydrogen-bond donors (Lipinski definition) is 2. The van der Waals surface area contributed by atoms with Crippen molar-refractivity contribution >= 4 is 28.4 Å². The summed E-state index contributed by atoms with van der Waals surface area (Å²) in [5.41, 5.74) is 5.01. The number of nitrogens with two attached hydrogens (primary N) is 1. The number of halogens is 1. The molecule has 0 atom stereocenters. The Labute approximate surface area is 117 Å². The van der Waals surface area contributed by atoms with E-state index < -0.39 is 21.5 Å². The molecular weight excluding hydrogens is 296 g/mol. The third-order valence-corrected chi connectivity index (χ3v) is 3.25. The summed E-state index contributed by atoms with van der Waals surface area (Å²) in [6.07, 6.45) is 1.02. The molecule has 1 rings (SSSR count). The Kier molecular flexibility index (Phi) is 6.01. The van der Waals surface area contributed by atoms with E-state index in [2.05, 4.69) is 9.46 Å². The summed E-state index contributed by atoms with van der Waals surface area (Å²) in [4.78, 5) is 11.2. The number of hydrogen-bond acceptors (Lipinski definition) is 6. The van der Waals surface area contributed by atoms with Gasteiger partial charge in [0.2, 0.25) is 5.09 Å². The summed E-state index contributed by atoms with van der Waals surface area (Å²) in [6.45, 7) is 3.40. The second-order valence-electron chi connectivity index (χ2n) is 4.46. The van der Waals surface area contributed by atoms with Crippen molar-refractivity contribution in [3.05, 3.63) is 17.9 Å². The predicted octanol–water partition coefficient (Wildman–Crippen LogP) is 0.504. The van der Waals surface area contributed by atoms with Crippen LogP contribution < -0.4 is 10.5 Å². The van der Waals surface area contributed by atoms with Crippen LogP contribution in [0.2, 0.25) is 0 Å². The minimum absolute atomic E-state index is 0. The quantitative estimate of drug-likeness (QED) is 0.766.